The van der Waals surface area contributed by atoms with Gasteiger partial charge in [-0.2, -0.15) is 0 Å². The van der Waals surface area contributed by atoms with Crippen LogP contribution >= 0.6 is 11.6 Å². The predicted molar refractivity (Wildman–Crippen MR) is 55.1 cm³/mol. The lowest BCUT2D eigenvalue weighted by atomic mass is 9.93. The highest BCUT2D eigenvalue weighted by atomic mass is 35.5. The van der Waals surface area contributed by atoms with Crippen molar-refractivity contribution in [3.63, 3.8) is 0 Å². The Morgan fingerprint density at radius 3 is 2.80 bits per heavy atom. The van der Waals surface area contributed by atoms with Gasteiger partial charge in [-0.3, -0.25) is 4.79 Å². The summed E-state index contributed by atoms with van der Waals surface area (Å²) in [6.07, 6.45) is 0.251. The van der Waals surface area contributed by atoms with Gasteiger partial charge in [0, 0.05) is 0 Å². The van der Waals surface area contributed by atoms with Crippen molar-refractivity contribution >= 4 is 17.4 Å². The first-order chi connectivity index (χ1) is 6.91. The molecule has 0 unspecified atom stereocenters. The predicted octanol–water partition coefficient (Wildman–Crippen LogP) is 3.22. The van der Waals surface area contributed by atoms with Gasteiger partial charge in [-0.1, -0.05) is 11.6 Å². The van der Waals surface area contributed by atoms with E-state index < -0.39 is 11.4 Å². The average molecular weight is 229 g/mol. The Morgan fingerprint density at radius 2 is 2.13 bits per heavy atom. The third-order valence-electron chi connectivity index (χ3n) is 2.32. The maximum atomic E-state index is 13.6. The van der Waals surface area contributed by atoms with Crippen molar-refractivity contribution < 1.29 is 13.9 Å². The number of carbonyl (C=O) groups is 1. The number of ether oxygens (including phenoxy) is 1. The molecule has 0 saturated carbocycles. The van der Waals surface area contributed by atoms with E-state index in [1.54, 1.807) is 13.8 Å². The zero-order chi connectivity index (χ0) is 11.2. The van der Waals surface area contributed by atoms with Crippen LogP contribution in [0.5, 0.6) is 5.75 Å². The van der Waals surface area contributed by atoms with Crippen LogP contribution in [0.15, 0.2) is 12.1 Å². The number of benzene rings is 1. The van der Waals surface area contributed by atoms with Crippen LogP contribution in [0.3, 0.4) is 0 Å². The van der Waals surface area contributed by atoms with E-state index in [0.29, 0.717) is 0 Å². The Bertz CT molecular complexity index is 440. The molecule has 0 saturated heterocycles. The third-order valence-corrected chi connectivity index (χ3v) is 2.61. The molecule has 0 N–H and O–H groups in total. The molecule has 1 heterocycles. The zero-order valence-corrected chi connectivity index (χ0v) is 9.19. The maximum absolute atomic E-state index is 13.6. The molecule has 4 heteroatoms. The number of ketones is 1. The van der Waals surface area contributed by atoms with E-state index in [2.05, 4.69) is 0 Å². The molecule has 2 rings (SSSR count). The van der Waals surface area contributed by atoms with Crippen LogP contribution in [0.2, 0.25) is 5.02 Å². The van der Waals surface area contributed by atoms with Gasteiger partial charge >= 0.3 is 0 Å². The molecule has 2 nitrogen and oxygen atoms in total. The van der Waals surface area contributed by atoms with Crippen LogP contribution in [0, 0.1) is 5.82 Å². The number of hydrogen-bond acceptors (Lipinski definition) is 2. The second-order valence-corrected chi connectivity index (χ2v) is 4.61. The molecule has 0 fully saturated rings. The molecule has 0 spiro atoms. The summed E-state index contributed by atoms with van der Waals surface area (Å²) < 4.78 is 19.0. The molecule has 1 aliphatic rings. The van der Waals surface area contributed by atoms with Crippen molar-refractivity contribution in [2.45, 2.75) is 25.9 Å². The lowest BCUT2D eigenvalue weighted by Gasteiger charge is -2.31. The molecule has 80 valence electrons. The van der Waals surface area contributed by atoms with Crippen molar-refractivity contribution in [1.82, 2.24) is 0 Å². The van der Waals surface area contributed by atoms with Crippen molar-refractivity contribution in [1.29, 1.82) is 0 Å². The number of hydrogen-bond donors (Lipinski definition) is 0. The van der Waals surface area contributed by atoms with Crippen LogP contribution in [-0.4, -0.2) is 11.4 Å². The Balaban J connectivity index is 2.61. The second-order valence-electron chi connectivity index (χ2n) is 4.20. The Morgan fingerprint density at radius 1 is 1.47 bits per heavy atom. The summed E-state index contributed by atoms with van der Waals surface area (Å²) in [5.41, 5.74) is -0.397. The number of rotatable bonds is 0. The minimum Gasteiger partial charge on any atom is -0.483 e. The number of Topliss-reactive ketones (excluding diaryl/α,β-unsaturated/α-hetero) is 1. The van der Waals surface area contributed by atoms with E-state index in [9.17, 15) is 9.18 Å². The van der Waals surface area contributed by atoms with E-state index in [0.717, 1.165) is 0 Å². The number of halogens is 2. The fourth-order valence-corrected chi connectivity index (χ4v) is 1.79. The molecule has 0 aromatic heterocycles. The maximum Gasteiger partial charge on any atom is 0.184 e. The van der Waals surface area contributed by atoms with Crippen molar-refractivity contribution in [2.75, 3.05) is 0 Å². The first-order valence-corrected chi connectivity index (χ1v) is 4.99. The van der Waals surface area contributed by atoms with Crippen molar-refractivity contribution in [3.05, 3.63) is 28.5 Å². The SMILES string of the molecule is CC1(C)CC(=O)c2ccc(Cl)c(F)c2O1. The lowest BCUT2D eigenvalue weighted by molar-refractivity contribution is 0.0594. The lowest BCUT2D eigenvalue weighted by Crippen LogP contribution is -2.36. The topological polar surface area (TPSA) is 26.3 Å². The Kier molecular flexibility index (Phi) is 2.23. The summed E-state index contributed by atoms with van der Waals surface area (Å²) in [5, 5.41) is -0.0285. The monoisotopic (exact) mass is 228 g/mol. The molecule has 0 aliphatic carbocycles. The van der Waals surface area contributed by atoms with Crippen LogP contribution in [-0.2, 0) is 0 Å². The smallest absolute Gasteiger partial charge is 0.184 e. The largest absolute Gasteiger partial charge is 0.483 e. The summed E-state index contributed by atoms with van der Waals surface area (Å²) in [6.45, 7) is 3.49. The van der Waals surface area contributed by atoms with E-state index in [1.807, 2.05) is 0 Å². The number of carbonyl (C=O) groups excluding carboxylic acids is 1. The normalized spacial score (nSPS) is 18.3. The minimum atomic E-state index is -0.671. The molecule has 0 atom stereocenters. The van der Waals surface area contributed by atoms with Crippen LogP contribution < -0.4 is 4.74 Å². The van der Waals surface area contributed by atoms with Crippen molar-refractivity contribution in [2.24, 2.45) is 0 Å². The van der Waals surface area contributed by atoms with Gasteiger partial charge in [0.1, 0.15) is 5.60 Å². The van der Waals surface area contributed by atoms with E-state index in [4.69, 9.17) is 16.3 Å². The molecule has 0 bridgehead atoms. The molecule has 1 aromatic carbocycles. The fraction of sp³-hybridized carbons (Fsp3) is 0.364. The van der Waals surface area contributed by atoms with Gasteiger partial charge in [0.15, 0.2) is 17.3 Å². The molecular weight excluding hydrogens is 219 g/mol. The summed E-state index contributed by atoms with van der Waals surface area (Å²) in [6, 6.07) is 2.87. The van der Waals surface area contributed by atoms with Gasteiger partial charge in [-0.15, -0.1) is 0 Å². The molecule has 0 amide bonds. The Labute approximate surface area is 92.0 Å². The van der Waals surface area contributed by atoms with Crippen LogP contribution in [0.25, 0.3) is 0 Å². The van der Waals surface area contributed by atoms with Crippen LogP contribution in [0.4, 0.5) is 4.39 Å². The zero-order valence-electron chi connectivity index (χ0n) is 8.43. The van der Waals surface area contributed by atoms with E-state index >= 15 is 0 Å². The second kappa shape index (κ2) is 3.20. The highest BCUT2D eigenvalue weighted by Crippen LogP contribution is 2.37. The van der Waals surface area contributed by atoms with Gasteiger partial charge in [-0.25, -0.2) is 4.39 Å². The van der Waals surface area contributed by atoms with Crippen LogP contribution in [0.1, 0.15) is 30.6 Å². The average Bonchev–Trinajstić information content (AvgIpc) is 2.10. The fourth-order valence-electron chi connectivity index (χ4n) is 1.65. The van der Waals surface area contributed by atoms with Crippen molar-refractivity contribution in [3.8, 4) is 5.75 Å². The van der Waals surface area contributed by atoms with Gasteiger partial charge in [-0.05, 0) is 26.0 Å². The number of fused-ring (bicyclic) bond motifs is 1. The molecule has 15 heavy (non-hydrogen) atoms. The summed E-state index contributed by atoms with van der Waals surface area (Å²) in [5.74, 6) is -0.796. The molecule has 0 radical (unpaired) electrons. The first kappa shape index (κ1) is 10.4. The highest BCUT2D eigenvalue weighted by molar-refractivity contribution is 6.31. The quantitative estimate of drug-likeness (QED) is 0.682. The van der Waals surface area contributed by atoms with E-state index in [-0.39, 0.29) is 28.5 Å². The van der Waals surface area contributed by atoms with Gasteiger partial charge in [0.2, 0.25) is 0 Å². The van der Waals surface area contributed by atoms with Gasteiger partial charge < -0.3 is 4.74 Å². The molecule has 1 aliphatic heterocycles. The molecular formula is C11H10ClFO2. The minimum absolute atomic E-state index is 0.0243. The highest BCUT2D eigenvalue weighted by Gasteiger charge is 2.34. The standard InChI is InChI=1S/C11H10ClFO2/c1-11(2)5-8(14)6-3-4-7(12)9(13)10(6)15-11/h3-4H,5H2,1-2H3. The van der Waals surface area contributed by atoms with Gasteiger partial charge in [0.25, 0.3) is 0 Å². The van der Waals surface area contributed by atoms with E-state index in [1.165, 1.54) is 12.1 Å². The molecule has 1 aromatic rings. The summed E-state index contributed by atoms with van der Waals surface area (Å²) in [4.78, 5) is 11.7. The Hall–Kier alpha value is -1.09. The summed E-state index contributed by atoms with van der Waals surface area (Å²) >= 11 is 5.62. The van der Waals surface area contributed by atoms with Gasteiger partial charge in [0.05, 0.1) is 17.0 Å². The first-order valence-electron chi connectivity index (χ1n) is 4.61. The third kappa shape index (κ3) is 1.72. The summed E-state index contributed by atoms with van der Waals surface area (Å²) in [7, 11) is 0.